The quantitative estimate of drug-likeness (QED) is 0.433. The van der Waals surface area contributed by atoms with E-state index in [0.29, 0.717) is 0 Å². The highest BCUT2D eigenvalue weighted by molar-refractivity contribution is 5.59. The van der Waals surface area contributed by atoms with Crippen LogP contribution in [0.15, 0.2) is 5.10 Å². The Kier molecular flexibility index (Phi) is 3.18. The first kappa shape index (κ1) is 7.50. The van der Waals surface area contributed by atoms with Gasteiger partial charge >= 0.3 is 0 Å². The maximum Gasteiger partial charge on any atom is 0.0408 e. The summed E-state index contributed by atoms with van der Waals surface area (Å²) >= 11 is 0. The molecule has 0 unspecified atom stereocenters. The zero-order valence-electron chi connectivity index (χ0n) is 5.95. The molecule has 1 rings (SSSR count). The molecule has 2 N–H and O–H groups in total. The van der Waals surface area contributed by atoms with Gasteiger partial charge in [0.25, 0.3) is 0 Å². The van der Waals surface area contributed by atoms with Crippen molar-refractivity contribution in [2.75, 3.05) is 19.6 Å². The highest BCUT2D eigenvalue weighted by Gasteiger charge is 2.08. The third-order valence-electron chi connectivity index (χ3n) is 1.69. The summed E-state index contributed by atoms with van der Waals surface area (Å²) in [4.78, 5) is 2.29. The number of nitrogens with zero attached hydrogens (tertiary/aromatic N) is 2. The molecule has 0 aromatic rings. The van der Waals surface area contributed by atoms with E-state index >= 15 is 0 Å². The molecule has 0 radical (unpaired) electrons. The predicted molar refractivity (Wildman–Crippen MR) is 39.1 cm³/mol. The van der Waals surface area contributed by atoms with Crippen molar-refractivity contribution in [2.45, 2.75) is 12.8 Å². The van der Waals surface area contributed by atoms with Crippen LogP contribution in [-0.4, -0.2) is 36.0 Å². The molecule has 10 heavy (non-hydrogen) atoms. The van der Waals surface area contributed by atoms with Crippen molar-refractivity contribution in [1.29, 1.82) is 0 Å². The largest absolute Gasteiger partial charge is 0.298 e. The van der Waals surface area contributed by atoms with Gasteiger partial charge in [0, 0.05) is 12.8 Å². The molecule has 1 heterocycles. The van der Waals surface area contributed by atoms with E-state index in [9.17, 15) is 0 Å². The first-order valence-electron chi connectivity index (χ1n) is 3.56. The summed E-state index contributed by atoms with van der Waals surface area (Å²) in [7, 11) is 0. The minimum Gasteiger partial charge on any atom is -0.298 e. The third-order valence-corrected chi connectivity index (χ3v) is 1.69. The smallest absolute Gasteiger partial charge is 0.0408 e. The van der Waals surface area contributed by atoms with E-state index in [-0.39, 0.29) is 0 Å². The molecule has 1 saturated heterocycles. The molecule has 0 aromatic carbocycles. The molecule has 1 fully saturated rings. The number of nitrogens with one attached hydrogen (secondary N) is 1. The van der Waals surface area contributed by atoms with Crippen LogP contribution in [0.1, 0.15) is 12.8 Å². The van der Waals surface area contributed by atoms with Gasteiger partial charge in [0.05, 0.1) is 0 Å². The molecule has 0 saturated carbocycles. The summed E-state index contributed by atoms with van der Waals surface area (Å²) in [6, 6.07) is 0. The van der Waals surface area contributed by atoms with Gasteiger partial charge in [0.2, 0.25) is 0 Å². The van der Waals surface area contributed by atoms with Gasteiger partial charge in [-0.2, -0.15) is 10.7 Å². The minimum absolute atomic E-state index is 0.841. The van der Waals surface area contributed by atoms with Crippen LogP contribution < -0.4 is 5.59 Å². The van der Waals surface area contributed by atoms with Crippen LogP contribution in [0, 0.1) is 0 Å². The molecular weight excluding hydrogens is 130 g/mol. The van der Waals surface area contributed by atoms with Crippen LogP contribution in [0.2, 0.25) is 0 Å². The van der Waals surface area contributed by atoms with Crippen LogP contribution in [0.25, 0.3) is 0 Å². The lowest BCUT2D eigenvalue weighted by Gasteiger charge is -2.09. The highest BCUT2D eigenvalue weighted by Crippen LogP contribution is 2.04. The molecule has 0 spiro atoms. The molecule has 4 heteroatoms. The van der Waals surface area contributed by atoms with Gasteiger partial charge in [0.15, 0.2) is 0 Å². The molecule has 4 nitrogen and oxygen atoms in total. The number of hydrazone groups is 1. The van der Waals surface area contributed by atoms with Gasteiger partial charge in [-0.15, -0.1) is 0 Å². The van der Waals surface area contributed by atoms with Gasteiger partial charge < -0.3 is 0 Å². The number of hydrogen-bond donors (Lipinski definition) is 2. The van der Waals surface area contributed by atoms with Crippen molar-refractivity contribution >= 4 is 6.21 Å². The van der Waals surface area contributed by atoms with E-state index in [1.165, 1.54) is 12.8 Å². The summed E-state index contributed by atoms with van der Waals surface area (Å²) in [6.07, 6.45) is 4.26. The second kappa shape index (κ2) is 4.24. The van der Waals surface area contributed by atoms with Gasteiger partial charge in [-0.1, -0.05) is 0 Å². The standard InChI is InChI=1S/C6H13N3O/c10-8-7-3-6-9-4-1-2-5-9/h3,8,10H,1-2,4-6H2. The van der Waals surface area contributed by atoms with E-state index < -0.39 is 0 Å². The normalized spacial score (nSPS) is 20.5. The Balaban J connectivity index is 2.06. The number of rotatable bonds is 3. The van der Waals surface area contributed by atoms with Crippen LogP contribution >= 0.6 is 0 Å². The Morgan fingerprint density at radius 3 is 2.80 bits per heavy atom. The fourth-order valence-corrected chi connectivity index (χ4v) is 1.16. The average Bonchev–Trinajstić information content (AvgIpc) is 2.41. The summed E-state index contributed by atoms with van der Waals surface area (Å²) in [5, 5.41) is 11.5. The molecule has 1 aliphatic heterocycles. The van der Waals surface area contributed by atoms with Crippen molar-refractivity contribution in [3.05, 3.63) is 0 Å². The van der Waals surface area contributed by atoms with E-state index in [1.807, 2.05) is 0 Å². The molecule has 0 amide bonds. The van der Waals surface area contributed by atoms with E-state index in [4.69, 9.17) is 5.21 Å². The third kappa shape index (κ3) is 2.33. The topological polar surface area (TPSA) is 47.9 Å². The molecule has 0 aromatic heterocycles. The Morgan fingerprint density at radius 1 is 1.50 bits per heavy atom. The van der Waals surface area contributed by atoms with Crippen molar-refractivity contribution in [1.82, 2.24) is 10.5 Å². The van der Waals surface area contributed by atoms with Gasteiger partial charge in [-0.05, 0) is 25.9 Å². The van der Waals surface area contributed by atoms with E-state index in [2.05, 4.69) is 10.0 Å². The molecule has 58 valence electrons. The lowest BCUT2D eigenvalue weighted by molar-refractivity contribution is 0.172. The molecule has 0 aliphatic carbocycles. The molecule has 0 atom stereocenters. The summed E-state index contributed by atoms with van der Waals surface area (Å²) < 4.78 is 0. The fourth-order valence-electron chi connectivity index (χ4n) is 1.16. The Morgan fingerprint density at radius 2 is 2.20 bits per heavy atom. The van der Waals surface area contributed by atoms with Gasteiger partial charge in [0.1, 0.15) is 0 Å². The molecule has 0 bridgehead atoms. The van der Waals surface area contributed by atoms with Gasteiger partial charge in [-0.25, -0.2) is 0 Å². The lowest BCUT2D eigenvalue weighted by atomic mass is 10.4. The molecule has 1 aliphatic rings. The number of likely N-dealkylation sites (tertiary alicyclic amines) is 1. The summed E-state index contributed by atoms with van der Waals surface area (Å²) in [5.74, 6) is 0. The van der Waals surface area contributed by atoms with Crippen molar-refractivity contribution in [2.24, 2.45) is 5.10 Å². The van der Waals surface area contributed by atoms with Crippen LogP contribution in [-0.2, 0) is 0 Å². The zero-order valence-corrected chi connectivity index (χ0v) is 5.95. The number of hydrogen-bond acceptors (Lipinski definition) is 4. The van der Waals surface area contributed by atoms with E-state index in [1.54, 1.807) is 11.8 Å². The van der Waals surface area contributed by atoms with Crippen LogP contribution in [0.5, 0.6) is 0 Å². The Hall–Kier alpha value is -0.610. The van der Waals surface area contributed by atoms with Crippen molar-refractivity contribution in [3.8, 4) is 0 Å². The monoisotopic (exact) mass is 143 g/mol. The second-order valence-corrected chi connectivity index (χ2v) is 2.42. The first-order chi connectivity index (χ1) is 4.93. The maximum atomic E-state index is 8.07. The highest BCUT2D eigenvalue weighted by atomic mass is 16.5. The van der Waals surface area contributed by atoms with Gasteiger partial charge in [-0.3, -0.25) is 10.1 Å². The second-order valence-electron chi connectivity index (χ2n) is 2.42. The minimum atomic E-state index is 0.841. The van der Waals surface area contributed by atoms with Crippen molar-refractivity contribution in [3.63, 3.8) is 0 Å². The average molecular weight is 143 g/mol. The Bertz CT molecular complexity index is 110. The van der Waals surface area contributed by atoms with Crippen LogP contribution in [0.3, 0.4) is 0 Å². The lowest BCUT2D eigenvalue weighted by Crippen LogP contribution is -2.21. The molecular formula is C6H13N3O. The summed E-state index contributed by atoms with van der Waals surface area (Å²) in [5.41, 5.74) is 1.73. The fraction of sp³-hybridized carbons (Fsp3) is 0.833. The zero-order chi connectivity index (χ0) is 7.23. The summed E-state index contributed by atoms with van der Waals surface area (Å²) in [6.45, 7) is 3.17. The first-order valence-corrected chi connectivity index (χ1v) is 3.56. The Labute approximate surface area is 60.5 Å². The van der Waals surface area contributed by atoms with Crippen LogP contribution in [0.4, 0.5) is 0 Å². The SMILES string of the molecule is ONN=CCN1CCCC1. The van der Waals surface area contributed by atoms with Crippen molar-refractivity contribution < 1.29 is 5.21 Å². The maximum absolute atomic E-state index is 8.07. The van der Waals surface area contributed by atoms with E-state index in [0.717, 1.165) is 19.6 Å². The predicted octanol–water partition coefficient (Wildman–Crippen LogP) is 0.0468.